The van der Waals surface area contributed by atoms with Crippen molar-refractivity contribution in [3.05, 3.63) is 93.7 Å². The lowest BCUT2D eigenvalue weighted by Gasteiger charge is -2.23. The summed E-state index contributed by atoms with van der Waals surface area (Å²) in [7, 11) is 1.44. The first-order chi connectivity index (χ1) is 15.8. The van der Waals surface area contributed by atoms with Gasteiger partial charge in [0, 0.05) is 12.1 Å². The lowest BCUT2D eigenvalue weighted by Crippen LogP contribution is -2.31. The molecule has 1 saturated heterocycles. The molecule has 0 radical (unpaired) electrons. The van der Waals surface area contributed by atoms with Gasteiger partial charge in [-0.05, 0) is 61.4 Å². The molecule has 1 fully saturated rings. The molecule has 0 aliphatic carbocycles. The minimum Gasteiger partial charge on any atom is -0.507 e. The fourth-order valence-corrected chi connectivity index (χ4v) is 4.06. The Hall–Kier alpha value is -3.58. The highest BCUT2D eigenvalue weighted by Gasteiger charge is 2.47. The summed E-state index contributed by atoms with van der Waals surface area (Å²) >= 11 is 6.08. The van der Waals surface area contributed by atoms with Gasteiger partial charge < -0.3 is 19.2 Å². The van der Waals surface area contributed by atoms with Crippen LogP contribution in [-0.2, 0) is 16.0 Å². The number of rotatable bonds is 6. The molecule has 1 atom stereocenters. The van der Waals surface area contributed by atoms with Crippen molar-refractivity contribution in [2.45, 2.75) is 19.4 Å². The Morgan fingerprint density at radius 3 is 2.52 bits per heavy atom. The van der Waals surface area contributed by atoms with Gasteiger partial charge in [-0.1, -0.05) is 23.7 Å². The Labute approximate surface area is 194 Å². The number of hydrogen-bond acceptors (Lipinski definition) is 5. The Balaban J connectivity index is 1.77. The quantitative estimate of drug-likeness (QED) is 0.310. The van der Waals surface area contributed by atoms with Gasteiger partial charge in [-0.3, -0.25) is 9.59 Å². The first kappa shape index (κ1) is 22.6. The van der Waals surface area contributed by atoms with E-state index in [1.54, 1.807) is 31.2 Å². The van der Waals surface area contributed by atoms with Gasteiger partial charge in [0.05, 0.1) is 17.7 Å². The van der Waals surface area contributed by atoms with E-state index in [1.165, 1.54) is 42.3 Å². The predicted molar refractivity (Wildman–Crippen MR) is 121 cm³/mol. The maximum absolute atomic E-state index is 13.2. The second-order valence-corrected chi connectivity index (χ2v) is 8.07. The molecule has 0 spiro atoms. The molecule has 1 aliphatic heterocycles. The number of Topliss-reactive ketones (excluding diaryl/α,β-unsaturated/α-hetero) is 1. The van der Waals surface area contributed by atoms with Crippen LogP contribution in [-0.4, -0.2) is 35.4 Å². The van der Waals surface area contributed by atoms with E-state index < -0.39 is 17.7 Å². The van der Waals surface area contributed by atoms with E-state index in [0.29, 0.717) is 28.7 Å². The van der Waals surface area contributed by atoms with E-state index in [0.717, 1.165) is 5.56 Å². The molecule has 1 N–H and O–H groups in total. The van der Waals surface area contributed by atoms with Crippen LogP contribution < -0.4 is 4.74 Å². The number of likely N-dealkylation sites (tertiary alicyclic amines) is 1. The van der Waals surface area contributed by atoms with Crippen LogP contribution in [0.4, 0.5) is 4.39 Å². The van der Waals surface area contributed by atoms with Crippen molar-refractivity contribution in [1.82, 2.24) is 4.90 Å². The van der Waals surface area contributed by atoms with Crippen LogP contribution in [0.5, 0.6) is 5.75 Å². The van der Waals surface area contributed by atoms with Crippen molar-refractivity contribution in [3.63, 3.8) is 0 Å². The topological polar surface area (TPSA) is 80.0 Å². The molecule has 8 heteroatoms. The summed E-state index contributed by atoms with van der Waals surface area (Å²) in [4.78, 5) is 27.4. The van der Waals surface area contributed by atoms with Crippen LogP contribution in [0.1, 0.15) is 28.7 Å². The third-order valence-corrected chi connectivity index (χ3v) is 5.86. The molecule has 1 aromatic heterocycles. The number of carbonyl (C=O) groups is 2. The van der Waals surface area contributed by atoms with Gasteiger partial charge in [0.1, 0.15) is 34.9 Å². The maximum atomic E-state index is 13.2. The number of aliphatic hydroxyl groups is 1. The van der Waals surface area contributed by atoms with E-state index in [4.69, 9.17) is 20.8 Å². The molecule has 170 valence electrons. The average molecular weight is 470 g/mol. The highest BCUT2D eigenvalue weighted by molar-refractivity contribution is 6.46. The number of methoxy groups -OCH3 is 1. The number of halogens is 2. The molecule has 3 aromatic rings. The van der Waals surface area contributed by atoms with Crippen LogP contribution in [0.15, 0.2) is 64.6 Å². The third-order valence-electron chi connectivity index (χ3n) is 5.55. The average Bonchev–Trinajstić information content (AvgIpc) is 3.34. The minimum atomic E-state index is -0.916. The number of carbonyl (C=O) groups excluding carboxylic acids is 2. The van der Waals surface area contributed by atoms with E-state index in [1.807, 2.05) is 0 Å². The smallest absolute Gasteiger partial charge is 0.295 e. The maximum Gasteiger partial charge on any atom is 0.295 e. The van der Waals surface area contributed by atoms with E-state index in [-0.39, 0.29) is 29.3 Å². The number of ketones is 1. The van der Waals surface area contributed by atoms with Crippen molar-refractivity contribution >= 4 is 29.1 Å². The van der Waals surface area contributed by atoms with E-state index >= 15 is 0 Å². The monoisotopic (exact) mass is 469 g/mol. The summed E-state index contributed by atoms with van der Waals surface area (Å²) < 4.78 is 24.2. The van der Waals surface area contributed by atoms with Crippen LogP contribution in [0.25, 0.3) is 5.76 Å². The zero-order valence-electron chi connectivity index (χ0n) is 18.0. The molecule has 1 unspecified atom stereocenters. The lowest BCUT2D eigenvalue weighted by molar-refractivity contribution is -0.140. The van der Waals surface area contributed by atoms with Crippen molar-refractivity contribution in [3.8, 4) is 5.75 Å². The number of aliphatic hydroxyl groups excluding tert-OH is 1. The molecule has 6 nitrogen and oxygen atoms in total. The second kappa shape index (κ2) is 9.11. The van der Waals surface area contributed by atoms with Gasteiger partial charge in [-0.15, -0.1) is 0 Å². The van der Waals surface area contributed by atoms with E-state index in [9.17, 15) is 19.1 Å². The molecular weight excluding hydrogens is 449 g/mol. The lowest BCUT2D eigenvalue weighted by atomic mass is 9.99. The molecular formula is C25H21ClFNO5. The number of aryl methyl sites for hydroxylation is 1. The summed E-state index contributed by atoms with van der Waals surface area (Å²) in [6.07, 6.45) is 0.387. The van der Waals surface area contributed by atoms with Crippen molar-refractivity contribution < 1.29 is 28.2 Å². The number of nitrogens with zero attached hydrogens (tertiary/aromatic N) is 1. The zero-order valence-corrected chi connectivity index (χ0v) is 18.7. The molecule has 1 aliphatic rings. The summed E-state index contributed by atoms with van der Waals surface area (Å²) in [5.41, 5.74) is 0.994. The molecule has 1 amide bonds. The molecule has 2 heterocycles. The Morgan fingerprint density at radius 2 is 1.88 bits per heavy atom. The fourth-order valence-electron chi connectivity index (χ4n) is 3.87. The van der Waals surface area contributed by atoms with Gasteiger partial charge in [0.15, 0.2) is 0 Å². The van der Waals surface area contributed by atoms with Crippen LogP contribution in [0.2, 0.25) is 5.02 Å². The highest BCUT2D eigenvalue weighted by atomic mass is 35.5. The van der Waals surface area contributed by atoms with Crippen LogP contribution in [0, 0.1) is 12.7 Å². The number of furan rings is 1. The number of hydrogen-bond donors (Lipinski definition) is 1. The SMILES string of the molecule is COc1cc(/C(O)=C2/C(=O)C(=O)N(CCc3ccc(F)cc3)C2c2ccc(C)o2)ccc1Cl. The molecule has 0 saturated carbocycles. The number of benzene rings is 2. The van der Waals surface area contributed by atoms with Crippen LogP contribution >= 0.6 is 11.6 Å². The normalized spacial score (nSPS) is 17.6. The summed E-state index contributed by atoms with van der Waals surface area (Å²) in [6, 6.07) is 13.0. The van der Waals surface area contributed by atoms with Gasteiger partial charge in [-0.25, -0.2) is 4.39 Å². The largest absolute Gasteiger partial charge is 0.507 e. The fraction of sp³-hybridized carbons (Fsp3) is 0.200. The second-order valence-electron chi connectivity index (χ2n) is 7.67. The minimum absolute atomic E-state index is 0.0853. The van der Waals surface area contributed by atoms with Gasteiger partial charge in [-0.2, -0.15) is 0 Å². The van der Waals surface area contributed by atoms with Gasteiger partial charge >= 0.3 is 0 Å². The van der Waals surface area contributed by atoms with Crippen molar-refractivity contribution in [2.75, 3.05) is 13.7 Å². The molecule has 2 aromatic carbocycles. The Bertz CT molecular complexity index is 1250. The first-order valence-electron chi connectivity index (χ1n) is 10.2. The van der Waals surface area contributed by atoms with Crippen molar-refractivity contribution in [1.29, 1.82) is 0 Å². The standard InChI is InChI=1S/C25H21ClFNO5/c1-14-3-10-19(33-14)22-21(23(29)16-6-9-18(26)20(13-16)32-2)24(30)25(31)28(22)12-11-15-4-7-17(27)8-5-15/h3-10,13,22,29H,11-12H2,1-2H3/b23-21-. The highest BCUT2D eigenvalue weighted by Crippen LogP contribution is 2.41. The molecule has 4 rings (SSSR count). The van der Waals surface area contributed by atoms with Crippen molar-refractivity contribution in [2.24, 2.45) is 0 Å². The summed E-state index contributed by atoms with van der Waals surface area (Å²) in [6.45, 7) is 1.92. The summed E-state index contributed by atoms with van der Waals surface area (Å²) in [5.74, 6) is -1.01. The predicted octanol–water partition coefficient (Wildman–Crippen LogP) is 5.05. The van der Waals surface area contributed by atoms with E-state index in [2.05, 4.69) is 0 Å². The van der Waals surface area contributed by atoms with Gasteiger partial charge in [0.2, 0.25) is 0 Å². The third kappa shape index (κ3) is 4.36. The van der Waals surface area contributed by atoms with Crippen LogP contribution in [0.3, 0.4) is 0 Å². The number of ether oxygens (including phenoxy) is 1. The molecule has 0 bridgehead atoms. The Kier molecular flexibility index (Phi) is 6.24. The Morgan fingerprint density at radius 1 is 1.15 bits per heavy atom. The van der Waals surface area contributed by atoms with Gasteiger partial charge in [0.25, 0.3) is 11.7 Å². The summed E-state index contributed by atoms with van der Waals surface area (Å²) in [5, 5.41) is 11.4. The first-order valence-corrected chi connectivity index (χ1v) is 10.6. The molecule has 33 heavy (non-hydrogen) atoms. The zero-order chi connectivity index (χ0) is 23.7. The number of amides is 1.